The molecule has 0 saturated carbocycles. The Morgan fingerprint density at radius 3 is 2.90 bits per heavy atom. The number of aryl methyl sites for hydroxylation is 1. The first-order chi connectivity index (χ1) is 10.2. The van der Waals surface area contributed by atoms with Crippen molar-refractivity contribution < 1.29 is 9.53 Å². The van der Waals surface area contributed by atoms with Crippen LogP contribution in [0.5, 0.6) is 0 Å². The molecule has 0 atom stereocenters. The highest BCUT2D eigenvalue weighted by molar-refractivity contribution is 8.00. The van der Waals surface area contributed by atoms with Gasteiger partial charge in [-0.25, -0.2) is 9.97 Å². The number of methoxy groups -OCH3 is 1. The molecule has 1 N–H and O–H groups in total. The summed E-state index contributed by atoms with van der Waals surface area (Å²) in [5, 5.41) is 5.07. The molecule has 0 aliphatic heterocycles. The molecule has 2 rings (SSSR count). The second kappa shape index (κ2) is 7.61. The maximum absolute atomic E-state index is 11.3. The van der Waals surface area contributed by atoms with Gasteiger partial charge in [0.2, 0.25) is 5.95 Å². The lowest BCUT2D eigenvalue weighted by atomic mass is 10.3. The van der Waals surface area contributed by atoms with Crippen molar-refractivity contribution in [2.75, 3.05) is 24.7 Å². The second-order valence-electron chi connectivity index (χ2n) is 4.43. The predicted octanol–water partition coefficient (Wildman–Crippen LogP) is 3.34. The highest BCUT2D eigenvalue weighted by Crippen LogP contribution is 2.32. The van der Waals surface area contributed by atoms with E-state index < -0.39 is 0 Å². The maximum atomic E-state index is 11.3. The first kappa shape index (κ1) is 16.0. The van der Waals surface area contributed by atoms with Crippen LogP contribution in [0.2, 0.25) is 0 Å². The molecule has 0 spiro atoms. The fourth-order valence-electron chi connectivity index (χ4n) is 1.73. The standard InChI is InChI=1S/C14H19N3O2S2/c1-4-6-15-14-16-12(20-8-11(18)19-3)10-7-9(5-2)21-13(10)17-14/h7H,4-6,8H2,1-3H3,(H,15,16,17). The number of nitrogens with one attached hydrogen (secondary N) is 1. The summed E-state index contributed by atoms with van der Waals surface area (Å²) < 4.78 is 4.69. The number of hydrogen-bond donors (Lipinski definition) is 1. The number of fused-ring (bicyclic) bond motifs is 1. The number of nitrogens with zero attached hydrogens (tertiary/aromatic N) is 2. The molecule has 5 nitrogen and oxygen atoms in total. The van der Waals surface area contributed by atoms with Gasteiger partial charge < -0.3 is 10.1 Å². The zero-order valence-corrected chi connectivity index (χ0v) is 14.1. The van der Waals surface area contributed by atoms with Crippen LogP contribution < -0.4 is 5.32 Å². The lowest BCUT2D eigenvalue weighted by Crippen LogP contribution is -2.06. The third-order valence-corrected chi connectivity index (χ3v) is 4.98. The van der Waals surface area contributed by atoms with Gasteiger partial charge in [-0.15, -0.1) is 11.3 Å². The first-order valence-corrected chi connectivity index (χ1v) is 8.72. The minimum absolute atomic E-state index is 0.249. The van der Waals surface area contributed by atoms with Gasteiger partial charge in [-0.05, 0) is 18.9 Å². The van der Waals surface area contributed by atoms with Gasteiger partial charge in [0, 0.05) is 16.8 Å². The van der Waals surface area contributed by atoms with Crippen LogP contribution in [0.1, 0.15) is 25.1 Å². The van der Waals surface area contributed by atoms with Crippen molar-refractivity contribution in [2.24, 2.45) is 0 Å². The van der Waals surface area contributed by atoms with Crippen molar-refractivity contribution in [1.29, 1.82) is 0 Å². The topological polar surface area (TPSA) is 64.1 Å². The molecular formula is C14H19N3O2S2. The number of thiophene rings is 1. The van der Waals surface area contributed by atoms with Gasteiger partial charge in [0.05, 0.1) is 12.9 Å². The highest BCUT2D eigenvalue weighted by atomic mass is 32.2. The highest BCUT2D eigenvalue weighted by Gasteiger charge is 2.13. The zero-order chi connectivity index (χ0) is 15.2. The van der Waals surface area contributed by atoms with Crippen LogP contribution in [-0.2, 0) is 16.0 Å². The molecule has 7 heteroatoms. The maximum Gasteiger partial charge on any atom is 0.316 e. The van der Waals surface area contributed by atoms with Crippen LogP contribution in [0.3, 0.4) is 0 Å². The lowest BCUT2D eigenvalue weighted by molar-refractivity contribution is -0.137. The number of hydrogen-bond acceptors (Lipinski definition) is 7. The molecule has 0 aliphatic carbocycles. The Hall–Kier alpha value is -1.34. The Labute approximate surface area is 132 Å². The number of carbonyl (C=O) groups is 1. The number of thioether (sulfide) groups is 1. The van der Waals surface area contributed by atoms with Gasteiger partial charge in [-0.3, -0.25) is 4.79 Å². The molecule has 0 unspecified atom stereocenters. The molecule has 2 aromatic rings. The Morgan fingerprint density at radius 1 is 1.43 bits per heavy atom. The smallest absolute Gasteiger partial charge is 0.316 e. The van der Waals surface area contributed by atoms with Crippen molar-refractivity contribution in [2.45, 2.75) is 31.7 Å². The average Bonchev–Trinajstić information content (AvgIpc) is 2.93. The summed E-state index contributed by atoms with van der Waals surface area (Å²) in [5.41, 5.74) is 0. The molecule has 114 valence electrons. The van der Waals surface area contributed by atoms with Crippen LogP contribution in [0, 0.1) is 0 Å². The molecule has 0 aliphatic rings. The zero-order valence-electron chi connectivity index (χ0n) is 12.4. The minimum atomic E-state index is -0.249. The Kier molecular flexibility index (Phi) is 5.81. The van der Waals surface area contributed by atoms with E-state index in [9.17, 15) is 4.79 Å². The van der Waals surface area contributed by atoms with Crippen molar-refractivity contribution in [3.8, 4) is 0 Å². The number of esters is 1. The van der Waals surface area contributed by atoms with E-state index in [1.165, 1.54) is 23.7 Å². The fourth-order valence-corrected chi connectivity index (χ4v) is 3.60. The summed E-state index contributed by atoms with van der Waals surface area (Å²) in [5.74, 6) is 0.634. The number of ether oxygens (including phenoxy) is 1. The SMILES string of the molecule is CCCNc1nc(SCC(=O)OC)c2cc(CC)sc2n1. The summed E-state index contributed by atoms with van der Waals surface area (Å²) in [4.78, 5) is 22.7. The fraction of sp³-hybridized carbons (Fsp3) is 0.500. The molecule has 0 amide bonds. The van der Waals surface area contributed by atoms with E-state index >= 15 is 0 Å². The lowest BCUT2D eigenvalue weighted by Gasteiger charge is -2.06. The van der Waals surface area contributed by atoms with Gasteiger partial charge in [0.1, 0.15) is 9.86 Å². The van der Waals surface area contributed by atoms with Gasteiger partial charge in [0.15, 0.2) is 0 Å². The second-order valence-corrected chi connectivity index (χ2v) is 6.51. The van der Waals surface area contributed by atoms with E-state index in [0.717, 1.165) is 34.6 Å². The van der Waals surface area contributed by atoms with Gasteiger partial charge in [0.25, 0.3) is 0 Å². The molecule has 2 heterocycles. The molecule has 21 heavy (non-hydrogen) atoms. The third kappa shape index (κ3) is 4.07. The summed E-state index contributed by atoms with van der Waals surface area (Å²) in [7, 11) is 1.40. The molecule has 0 bridgehead atoms. The van der Waals surface area contributed by atoms with Gasteiger partial charge in [-0.1, -0.05) is 25.6 Å². The Balaban J connectivity index is 2.33. The number of rotatable bonds is 7. The number of anilines is 1. The Bertz CT molecular complexity index is 628. The summed E-state index contributed by atoms with van der Waals surface area (Å²) in [6.45, 7) is 5.05. The monoisotopic (exact) mass is 325 g/mol. The molecule has 0 fully saturated rings. The Morgan fingerprint density at radius 2 is 2.24 bits per heavy atom. The quantitative estimate of drug-likeness (QED) is 0.478. The van der Waals surface area contributed by atoms with Crippen molar-refractivity contribution in [3.05, 3.63) is 10.9 Å². The van der Waals surface area contributed by atoms with Gasteiger partial charge in [-0.2, -0.15) is 0 Å². The van der Waals surface area contributed by atoms with E-state index in [4.69, 9.17) is 0 Å². The summed E-state index contributed by atoms with van der Waals surface area (Å²) in [6, 6.07) is 2.11. The van der Waals surface area contributed by atoms with E-state index in [2.05, 4.69) is 39.9 Å². The van der Waals surface area contributed by atoms with Crippen LogP contribution in [0.4, 0.5) is 5.95 Å². The van der Waals surface area contributed by atoms with Crippen LogP contribution >= 0.6 is 23.1 Å². The molecule has 2 aromatic heterocycles. The van der Waals surface area contributed by atoms with Gasteiger partial charge >= 0.3 is 5.97 Å². The van der Waals surface area contributed by atoms with E-state index in [1.54, 1.807) is 11.3 Å². The molecule has 0 saturated heterocycles. The third-order valence-electron chi connectivity index (χ3n) is 2.84. The van der Waals surface area contributed by atoms with Crippen molar-refractivity contribution in [3.63, 3.8) is 0 Å². The number of aromatic nitrogens is 2. The van der Waals surface area contributed by atoms with E-state index in [0.29, 0.717) is 5.95 Å². The van der Waals surface area contributed by atoms with E-state index in [-0.39, 0.29) is 11.7 Å². The first-order valence-electron chi connectivity index (χ1n) is 6.91. The predicted molar refractivity (Wildman–Crippen MR) is 88.3 cm³/mol. The van der Waals surface area contributed by atoms with Crippen LogP contribution in [-0.4, -0.2) is 35.3 Å². The summed E-state index contributed by atoms with van der Waals surface area (Å²) in [6.07, 6.45) is 1.98. The van der Waals surface area contributed by atoms with Crippen molar-refractivity contribution >= 4 is 45.2 Å². The van der Waals surface area contributed by atoms with Crippen molar-refractivity contribution in [1.82, 2.24) is 9.97 Å². The molecule has 0 radical (unpaired) electrons. The van der Waals surface area contributed by atoms with Crippen LogP contribution in [0.25, 0.3) is 10.2 Å². The molecular weight excluding hydrogens is 306 g/mol. The number of carbonyl (C=O) groups excluding carboxylic acids is 1. The average molecular weight is 325 g/mol. The summed E-state index contributed by atoms with van der Waals surface area (Å²) >= 11 is 3.07. The minimum Gasteiger partial charge on any atom is -0.468 e. The van der Waals surface area contributed by atoms with E-state index in [1.807, 2.05) is 0 Å². The largest absolute Gasteiger partial charge is 0.468 e. The van der Waals surface area contributed by atoms with Crippen LogP contribution in [0.15, 0.2) is 11.1 Å². The normalized spacial score (nSPS) is 10.8. The molecule has 0 aromatic carbocycles.